The molecule has 3 heteroatoms. The van der Waals surface area contributed by atoms with Crippen LogP contribution in [0, 0.1) is 0 Å². The van der Waals surface area contributed by atoms with Crippen molar-refractivity contribution in [2.75, 3.05) is 13.1 Å². The third kappa shape index (κ3) is 1.59. The van der Waals surface area contributed by atoms with Gasteiger partial charge in [-0.15, -0.1) is 0 Å². The Morgan fingerprint density at radius 2 is 2.42 bits per heavy atom. The molecule has 2 heterocycles. The van der Waals surface area contributed by atoms with Gasteiger partial charge in [-0.25, -0.2) is 4.98 Å². The minimum absolute atomic E-state index is 0.574. The van der Waals surface area contributed by atoms with Gasteiger partial charge in [0.1, 0.15) is 5.15 Å². The van der Waals surface area contributed by atoms with E-state index in [1.165, 1.54) is 12.0 Å². The second-order valence-electron chi connectivity index (χ2n) is 3.10. The third-order valence-corrected chi connectivity index (χ3v) is 2.51. The normalized spacial score (nSPS) is 22.9. The highest BCUT2D eigenvalue weighted by molar-refractivity contribution is 6.29. The minimum atomic E-state index is 0.574. The van der Waals surface area contributed by atoms with Gasteiger partial charge in [-0.3, -0.25) is 0 Å². The molecule has 0 saturated carbocycles. The number of hydrogen-bond donors (Lipinski definition) is 1. The molecule has 0 amide bonds. The van der Waals surface area contributed by atoms with Gasteiger partial charge in [-0.05, 0) is 30.5 Å². The Morgan fingerprint density at radius 1 is 1.50 bits per heavy atom. The van der Waals surface area contributed by atoms with E-state index in [2.05, 4.69) is 16.4 Å². The van der Waals surface area contributed by atoms with Gasteiger partial charge in [-0.2, -0.15) is 0 Å². The number of halogens is 1. The van der Waals surface area contributed by atoms with Gasteiger partial charge in [0.15, 0.2) is 0 Å². The lowest BCUT2D eigenvalue weighted by atomic mass is 10.0. The lowest BCUT2D eigenvalue weighted by molar-refractivity contribution is 0.759. The summed E-state index contributed by atoms with van der Waals surface area (Å²) in [5, 5.41) is 3.90. The van der Waals surface area contributed by atoms with Crippen LogP contribution in [0.2, 0.25) is 5.15 Å². The summed E-state index contributed by atoms with van der Waals surface area (Å²) in [7, 11) is 0. The minimum Gasteiger partial charge on any atom is -0.316 e. The van der Waals surface area contributed by atoms with Crippen LogP contribution in [-0.4, -0.2) is 18.1 Å². The Hall–Kier alpha value is -0.600. The number of hydrogen-bond acceptors (Lipinski definition) is 2. The zero-order valence-electron chi connectivity index (χ0n) is 6.76. The molecule has 2 rings (SSSR count). The first kappa shape index (κ1) is 8.02. The van der Waals surface area contributed by atoms with Crippen molar-refractivity contribution in [1.29, 1.82) is 0 Å². The number of nitrogens with one attached hydrogen (secondary N) is 1. The van der Waals surface area contributed by atoms with Crippen LogP contribution < -0.4 is 5.32 Å². The predicted molar refractivity (Wildman–Crippen MR) is 49.5 cm³/mol. The second kappa shape index (κ2) is 3.42. The zero-order chi connectivity index (χ0) is 8.39. The fourth-order valence-electron chi connectivity index (χ4n) is 1.57. The Kier molecular flexibility index (Phi) is 2.28. The maximum absolute atomic E-state index is 5.69. The van der Waals surface area contributed by atoms with Crippen LogP contribution >= 0.6 is 11.6 Å². The first-order valence-corrected chi connectivity index (χ1v) is 4.56. The van der Waals surface area contributed by atoms with Gasteiger partial charge in [0.05, 0.1) is 0 Å². The van der Waals surface area contributed by atoms with E-state index < -0.39 is 0 Å². The Bertz CT molecular complexity index is 252. The van der Waals surface area contributed by atoms with Crippen molar-refractivity contribution in [3.05, 3.63) is 29.0 Å². The van der Waals surface area contributed by atoms with E-state index in [9.17, 15) is 0 Å². The SMILES string of the molecule is Clc1ccc(C2CCNC2)cn1. The van der Waals surface area contributed by atoms with E-state index in [1.54, 1.807) is 0 Å². The van der Waals surface area contributed by atoms with E-state index >= 15 is 0 Å². The van der Waals surface area contributed by atoms with Crippen molar-refractivity contribution in [3.63, 3.8) is 0 Å². The van der Waals surface area contributed by atoms with Crippen LogP contribution in [0.3, 0.4) is 0 Å². The van der Waals surface area contributed by atoms with Gasteiger partial charge in [-0.1, -0.05) is 17.7 Å². The fourth-order valence-corrected chi connectivity index (χ4v) is 1.68. The quantitative estimate of drug-likeness (QED) is 0.671. The maximum atomic E-state index is 5.69. The predicted octanol–water partition coefficient (Wildman–Crippen LogP) is 1.81. The lowest BCUT2D eigenvalue weighted by Gasteiger charge is -2.06. The van der Waals surface area contributed by atoms with Gasteiger partial charge < -0.3 is 5.32 Å². The van der Waals surface area contributed by atoms with Crippen molar-refractivity contribution < 1.29 is 0 Å². The van der Waals surface area contributed by atoms with Crippen LogP contribution in [0.25, 0.3) is 0 Å². The molecule has 1 aromatic rings. The van der Waals surface area contributed by atoms with E-state index in [-0.39, 0.29) is 0 Å². The molecule has 0 aliphatic carbocycles. The van der Waals surface area contributed by atoms with Gasteiger partial charge in [0.2, 0.25) is 0 Å². The molecule has 1 aromatic heterocycles. The van der Waals surface area contributed by atoms with Crippen LogP contribution in [0.4, 0.5) is 0 Å². The monoisotopic (exact) mass is 182 g/mol. The molecule has 0 bridgehead atoms. The summed E-state index contributed by atoms with van der Waals surface area (Å²) >= 11 is 5.69. The maximum Gasteiger partial charge on any atom is 0.129 e. The largest absolute Gasteiger partial charge is 0.316 e. The average Bonchev–Trinajstić information content (AvgIpc) is 2.58. The molecular formula is C9H11ClN2. The molecule has 1 unspecified atom stereocenters. The summed E-state index contributed by atoms with van der Waals surface area (Å²) in [4.78, 5) is 4.06. The first-order valence-electron chi connectivity index (χ1n) is 4.18. The molecule has 2 nitrogen and oxygen atoms in total. The smallest absolute Gasteiger partial charge is 0.129 e. The molecule has 12 heavy (non-hydrogen) atoms. The summed E-state index contributed by atoms with van der Waals surface area (Å²) in [5.74, 6) is 0.634. The van der Waals surface area contributed by atoms with Gasteiger partial charge >= 0.3 is 0 Å². The Morgan fingerprint density at radius 3 is 3.00 bits per heavy atom. The molecule has 0 spiro atoms. The number of aromatic nitrogens is 1. The summed E-state index contributed by atoms with van der Waals surface area (Å²) in [5.41, 5.74) is 1.30. The van der Waals surface area contributed by atoms with Crippen molar-refractivity contribution in [2.45, 2.75) is 12.3 Å². The summed E-state index contributed by atoms with van der Waals surface area (Å²) < 4.78 is 0. The van der Waals surface area contributed by atoms with Crippen molar-refractivity contribution in [1.82, 2.24) is 10.3 Å². The number of pyridine rings is 1. The Balaban J connectivity index is 2.17. The highest BCUT2D eigenvalue weighted by Crippen LogP contribution is 2.21. The molecule has 1 saturated heterocycles. The molecule has 1 fully saturated rings. The average molecular weight is 183 g/mol. The van der Waals surface area contributed by atoms with Gasteiger partial charge in [0.25, 0.3) is 0 Å². The van der Waals surface area contributed by atoms with Crippen LogP contribution in [0.1, 0.15) is 17.9 Å². The summed E-state index contributed by atoms with van der Waals surface area (Å²) in [6.07, 6.45) is 3.09. The molecular weight excluding hydrogens is 172 g/mol. The van der Waals surface area contributed by atoms with E-state index in [0.717, 1.165) is 13.1 Å². The van der Waals surface area contributed by atoms with Crippen molar-refractivity contribution in [2.24, 2.45) is 0 Å². The molecule has 1 atom stereocenters. The summed E-state index contributed by atoms with van der Waals surface area (Å²) in [6.45, 7) is 2.19. The van der Waals surface area contributed by atoms with Crippen LogP contribution in [0.15, 0.2) is 18.3 Å². The van der Waals surface area contributed by atoms with Crippen LogP contribution in [-0.2, 0) is 0 Å². The third-order valence-electron chi connectivity index (χ3n) is 2.28. The molecule has 1 aliphatic heterocycles. The molecule has 64 valence electrons. The number of nitrogens with zero attached hydrogens (tertiary/aromatic N) is 1. The highest BCUT2D eigenvalue weighted by atomic mass is 35.5. The number of rotatable bonds is 1. The second-order valence-corrected chi connectivity index (χ2v) is 3.49. The topological polar surface area (TPSA) is 24.9 Å². The molecule has 0 radical (unpaired) electrons. The highest BCUT2D eigenvalue weighted by Gasteiger charge is 2.16. The van der Waals surface area contributed by atoms with Crippen molar-refractivity contribution >= 4 is 11.6 Å². The fraction of sp³-hybridized carbons (Fsp3) is 0.444. The summed E-state index contributed by atoms with van der Waals surface area (Å²) in [6, 6.07) is 3.92. The molecule has 1 aliphatic rings. The van der Waals surface area contributed by atoms with Gasteiger partial charge in [0, 0.05) is 12.7 Å². The molecule has 1 N–H and O–H groups in total. The standard InChI is InChI=1S/C9H11ClN2/c10-9-2-1-7(6-12-9)8-3-4-11-5-8/h1-2,6,8,11H,3-5H2. The van der Waals surface area contributed by atoms with Crippen LogP contribution in [0.5, 0.6) is 0 Å². The van der Waals surface area contributed by atoms with E-state index in [4.69, 9.17) is 11.6 Å². The Labute approximate surface area is 77.0 Å². The van der Waals surface area contributed by atoms with Crippen molar-refractivity contribution in [3.8, 4) is 0 Å². The lowest BCUT2D eigenvalue weighted by Crippen LogP contribution is -2.07. The first-order chi connectivity index (χ1) is 5.86. The zero-order valence-corrected chi connectivity index (χ0v) is 7.51. The molecule has 0 aromatic carbocycles. The van der Waals surface area contributed by atoms with E-state index in [1.807, 2.05) is 12.3 Å². The van der Waals surface area contributed by atoms with E-state index in [0.29, 0.717) is 11.1 Å².